The number of amides is 1. The van der Waals surface area contributed by atoms with Crippen LogP contribution in [0.3, 0.4) is 0 Å². The van der Waals surface area contributed by atoms with Crippen LogP contribution in [0, 0.1) is 6.92 Å². The maximum atomic E-state index is 12.2. The van der Waals surface area contributed by atoms with Crippen LogP contribution in [0.5, 0.6) is 5.75 Å². The molecule has 142 valence electrons. The molecule has 0 heterocycles. The zero-order valence-electron chi connectivity index (χ0n) is 15.4. The molecule has 0 unspecified atom stereocenters. The van der Waals surface area contributed by atoms with Crippen LogP contribution in [-0.2, 0) is 4.79 Å². The van der Waals surface area contributed by atoms with Crippen molar-refractivity contribution in [3.05, 3.63) is 88.4 Å². The fraction of sp³-hybridized carbons (Fsp3) is 0.0909. The second-order valence-corrected chi connectivity index (χ2v) is 6.99. The molecule has 3 aromatic carbocycles. The topological polar surface area (TPSA) is 62.7 Å². The Hall–Kier alpha value is -3.12. The lowest BCUT2D eigenvalue weighted by atomic mass is 10.2. The predicted molar refractivity (Wildman–Crippen MR) is 117 cm³/mol. The number of carbonyl (C=O) groups is 1. The monoisotopic (exact) mass is 437 g/mol. The fourth-order valence-electron chi connectivity index (χ4n) is 2.48. The molecule has 28 heavy (non-hydrogen) atoms. The third-order valence-electron chi connectivity index (χ3n) is 3.92. The van der Waals surface area contributed by atoms with Crippen LogP contribution in [0.2, 0.25) is 0 Å². The van der Waals surface area contributed by atoms with Gasteiger partial charge in [0, 0.05) is 15.7 Å². The van der Waals surface area contributed by atoms with E-state index in [9.17, 15) is 4.79 Å². The molecule has 0 radical (unpaired) electrons. The lowest BCUT2D eigenvalue weighted by Crippen LogP contribution is -2.21. The van der Waals surface area contributed by atoms with Gasteiger partial charge in [0.15, 0.2) is 6.61 Å². The highest BCUT2D eigenvalue weighted by atomic mass is 79.9. The largest absolute Gasteiger partial charge is 0.483 e. The standard InChI is InChI=1S/C22H20BrN3O2/c1-16-7-5-6-10-20(16)25-22(27)15-28-21-12-11-18(23)13-17(21)14-24-26-19-8-3-2-4-9-19/h2-14,26H,15H2,1H3,(H,25,27). The van der Waals surface area contributed by atoms with E-state index in [0.717, 1.165) is 27.0 Å². The van der Waals surface area contributed by atoms with Gasteiger partial charge in [0.25, 0.3) is 5.91 Å². The Morgan fingerprint density at radius 2 is 1.82 bits per heavy atom. The van der Waals surface area contributed by atoms with E-state index in [-0.39, 0.29) is 12.5 Å². The van der Waals surface area contributed by atoms with Gasteiger partial charge >= 0.3 is 0 Å². The Bertz CT molecular complexity index is 975. The summed E-state index contributed by atoms with van der Waals surface area (Å²) >= 11 is 3.45. The van der Waals surface area contributed by atoms with Crippen molar-refractivity contribution >= 4 is 39.4 Å². The van der Waals surface area contributed by atoms with Crippen molar-refractivity contribution in [2.24, 2.45) is 5.10 Å². The number of para-hydroxylation sites is 2. The van der Waals surface area contributed by atoms with Crippen molar-refractivity contribution in [3.63, 3.8) is 0 Å². The summed E-state index contributed by atoms with van der Waals surface area (Å²) in [5.74, 6) is 0.351. The molecule has 3 aromatic rings. The minimum absolute atomic E-state index is 0.0943. The van der Waals surface area contributed by atoms with Crippen LogP contribution in [0.1, 0.15) is 11.1 Å². The van der Waals surface area contributed by atoms with Gasteiger partial charge in [-0.2, -0.15) is 5.10 Å². The van der Waals surface area contributed by atoms with Crippen LogP contribution < -0.4 is 15.5 Å². The van der Waals surface area contributed by atoms with Crippen LogP contribution in [0.4, 0.5) is 11.4 Å². The molecule has 0 fully saturated rings. The number of halogens is 1. The SMILES string of the molecule is Cc1ccccc1NC(=O)COc1ccc(Br)cc1C=NNc1ccccc1. The molecular weight excluding hydrogens is 418 g/mol. The molecule has 0 aliphatic heterocycles. The van der Waals surface area contributed by atoms with Crippen LogP contribution >= 0.6 is 15.9 Å². The first-order valence-corrected chi connectivity index (χ1v) is 9.53. The Labute approximate surface area is 172 Å². The summed E-state index contributed by atoms with van der Waals surface area (Å²) in [6.07, 6.45) is 1.66. The first-order valence-electron chi connectivity index (χ1n) is 8.74. The molecule has 0 aliphatic rings. The number of rotatable bonds is 7. The lowest BCUT2D eigenvalue weighted by Gasteiger charge is -2.11. The third-order valence-corrected chi connectivity index (χ3v) is 4.41. The molecule has 6 heteroatoms. The predicted octanol–water partition coefficient (Wildman–Crippen LogP) is 5.22. The summed E-state index contributed by atoms with van der Waals surface area (Å²) in [6.45, 7) is 1.85. The zero-order chi connectivity index (χ0) is 19.8. The van der Waals surface area contributed by atoms with Gasteiger partial charge in [0.1, 0.15) is 5.75 Å². The zero-order valence-corrected chi connectivity index (χ0v) is 16.9. The van der Waals surface area contributed by atoms with Crippen molar-refractivity contribution in [3.8, 4) is 5.75 Å². The van der Waals surface area contributed by atoms with Gasteiger partial charge in [-0.3, -0.25) is 10.2 Å². The van der Waals surface area contributed by atoms with Gasteiger partial charge in [-0.1, -0.05) is 52.3 Å². The van der Waals surface area contributed by atoms with E-state index in [1.165, 1.54) is 0 Å². The normalized spacial score (nSPS) is 10.6. The van der Waals surface area contributed by atoms with E-state index < -0.39 is 0 Å². The van der Waals surface area contributed by atoms with E-state index in [4.69, 9.17) is 4.74 Å². The number of hydrogen-bond donors (Lipinski definition) is 2. The number of nitrogens with zero attached hydrogens (tertiary/aromatic N) is 1. The summed E-state index contributed by atoms with van der Waals surface area (Å²) in [5.41, 5.74) is 6.38. The van der Waals surface area contributed by atoms with Crippen LogP contribution in [0.15, 0.2) is 82.4 Å². The molecule has 0 saturated carbocycles. The molecule has 0 atom stereocenters. The Kier molecular flexibility index (Phi) is 6.81. The van der Waals surface area contributed by atoms with Gasteiger partial charge in [-0.25, -0.2) is 0 Å². The van der Waals surface area contributed by atoms with E-state index in [2.05, 4.69) is 31.8 Å². The number of nitrogens with one attached hydrogen (secondary N) is 2. The number of anilines is 2. The first-order chi connectivity index (χ1) is 13.6. The summed E-state index contributed by atoms with van der Waals surface area (Å²) in [5, 5.41) is 7.10. The molecule has 0 aromatic heterocycles. The highest BCUT2D eigenvalue weighted by molar-refractivity contribution is 9.10. The number of carbonyl (C=O) groups excluding carboxylic acids is 1. The Balaban J connectivity index is 1.63. The van der Waals surface area contributed by atoms with E-state index in [0.29, 0.717) is 5.75 Å². The van der Waals surface area contributed by atoms with Gasteiger partial charge in [0.05, 0.1) is 11.9 Å². The van der Waals surface area contributed by atoms with Gasteiger partial charge < -0.3 is 10.1 Å². The molecule has 3 rings (SSSR count). The maximum Gasteiger partial charge on any atom is 0.262 e. The Morgan fingerprint density at radius 3 is 2.61 bits per heavy atom. The van der Waals surface area contributed by atoms with Crippen LogP contribution in [-0.4, -0.2) is 18.7 Å². The summed E-state index contributed by atoms with van der Waals surface area (Å²) in [6, 6.07) is 22.8. The van der Waals surface area contributed by atoms with E-state index in [1.807, 2.05) is 73.7 Å². The van der Waals surface area contributed by atoms with Crippen LogP contribution in [0.25, 0.3) is 0 Å². The van der Waals surface area contributed by atoms with E-state index >= 15 is 0 Å². The van der Waals surface area contributed by atoms with Gasteiger partial charge in [-0.15, -0.1) is 0 Å². The van der Waals surface area contributed by atoms with Crippen molar-refractivity contribution in [2.75, 3.05) is 17.3 Å². The lowest BCUT2D eigenvalue weighted by molar-refractivity contribution is -0.118. The average Bonchev–Trinajstić information content (AvgIpc) is 2.70. The van der Waals surface area contributed by atoms with E-state index in [1.54, 1.807) is 12.3 Å². The minimum atomic E-state index is -0.220. The molecular formula is C22H20BrN3O2. The molecule has 5 nitrogen and oxygen atoms in total. The fourth-order valence-corrected chi connectivity index (χ4v) is 2.86. The van der Waals surface area contributed by atoms with Crippen molar-refractivity contribution < 1.29 is 9.53 Å². The summed E-state index contributed by atoms with van der Waals surface area (Å²) in [4.78, 5) is 12.2. The number of hydrogen-bond acceptors (Lipinski definition) is 4. The first kappa shape index (κ1) is 19.6. The van der Waals surface area contributed by atoms with Gasteiger partial charge in [-0.05, 0) is 48.9 Å². The van der Waals surface area contributed by atoms with Crippen molar-refractivity contribution in [2.45, 2.75) is 6.92 Å². The molecule has 1 amide bonds. The second-order valence-electron chi connectivity index (χ2n) is 6.07. The number of ether oxygens (including phenoxy) is 1. The molecule has 0 spiro atoms. The molecule has 0 saturated heterocycles. The summed E-state index contributed by atoms with van der Waals surface area (Å²) in [7, 11) is 0. The van der Waals surface area contributed by atoms with Crippen molar-refractivity contribution in [1.82, 2.24) is 0 Å². The molecule has 0 bridgehead atoms. The average molecular weight is 438 g/mol. The second kappa shape index (κ2) is 9.71. The van der Waals surface area contributed by atoms with Crippen molar-refractivity contribution in [1.29, 1.82) is 0 Å². The third kappa shape index (κ3) is 5.69. The quantitative estimate of drug-likeness (QED) is 0.393. The molecule has 2 N–H and O–H groups in total. The minimum Gasteiger partial charge on any atom is -0.483 e. The maximum absolute atomic E-state index is 12.2. The summed E-state index contributed by atoms with van der Waals surface area (Å²) < 4.78 is 6.61. The molecule has 0 aliphatic carbocycles. The number of aryl methyl sites for hydroxylation is 1. The Morgan fingerprint density at radius 1 is 1.07 bits per heavy atom. The van der Waals surface area contributed by atoms with Gasteiger partial charge in [0.2, 0.25) is 0 Å². The highest BCUT2D eigenvalue weighted by Crippen LogP contribution is 2.22. The number of hydrazone groups is 1. The highest BCUT2D eigenvalue weighted by Gasteiger charge is 2.08. The number of benzene rings is 3. The smallest absolute Gasteiger partial charge is 0.262 e.